The molecular formula is C18H17N3OS. The molecular weight excluding hydrogens is 306 g/mol. The van der Waals surface area contributed by atoms with Gasteiger partial charge in [0.1, 0.15) is 16.8 Å². The van der Waals surface area contributed by atoms with E-state index in [4.69, 9.17) is 5.26 Å². The monoisotopic (exact) mass is 323 g/mol. The quantitative estimate of drug-likeness (QED) is 0.759. The molecule has 0 amide bonds. The van der Waals surface area contributed by atoms with Gasteiger partial charge in [0.25, 0.3) is 0 Å². The lowest BCUT2D eigenvalue weighted by Gasteiger charge is -2.35. The second-order valence-corrected chi connectivity index (χ2v) is 7.17. The summed E-state index contributed by atoms with van der Waals surface area (Å²) in [5, 5.41) is 20.6. The fourth-order valence-electron chi connectivity index (χ4n) is 3.89. The summed E-state index contributed by atoms with van der Waals surface area (Å²) < 4.78 is 0. The molecule has 1 fully saturated rings. The lowest BCUT2D eigenvalue weighted by atomic mass is 9.69. The van der Waals surface area contributed by atoms with Gasteiger partial charge >= 0.3 is 0 Å². The van der Waals surface area contributed by atoms with Crippen molar-refractivity contribution >= 4 is 22.9 Å². The normalized spacial score (nSPS) is 18.3. The van der Waals surface area contributed by atoms with Crippen molar-refractivity contribution < 1.29 is 5.21 Å². The van der Waals surface area contributed by atoms with Crippen LogP contribution in [0.5, 0.6) is 0 Å². The summed E-state index contributed by atoms with van der Waals surface area (Å²) >= 11 is 1.47. The van der Waals surface area contributed by atoms with Gasteiger partial charge in [0.15, 0.2) is 0 Å². The third-order valence-corrected chi connectivity index (χ3v) is 5.89. The smallest absolute Gasteiger partial charge is 0.136 e. The van der Waals surface area contributed by atoms with Crippen molar-refractivity contribution in [2.24, 2.45) is 4.99 Å². The number of hydrogen-bond donors (Lipinski definition) is 2. The van der Waals surface area contributed by atoms with Crippen molar-refractivity contribution in [3.8, 4) is 17.2 Å². The van der Waals surface area contributed by atoms with Crippen LogP contribution in [0, 0.1) is 11.3 Å². The number of benzene rings is 1. The van der Waals surface area contributed by atoms with Gasteiger partial charge in [-0.15, -0.1) is 11.3 Å². The number of nitriles is 1. The fraction of sp³-hybridized carbons (Fsp3) is 0.333. The van der Waals surface area contributed by atoms with E-state index in [0.29, 0.717) is 5.84 Å². The molecule has 0 unspecified atom stereocenters. The highest BCUT2D eigenvalue weighted by Crippen LogP contribution is 2.49. The van der Waals surface area contributed by atoms with E-state index in [1.165, 1.54) is 23.3 Å². The molecule has 1 aliphatic heterocycles. The lowest BCUT2D eigenvalue weighted by molar-refractivity contribution is 0.218. The van der Waals surface area contributed by atoms with Gasteiger partial charge in [-0.1, -0.05) is 25.3 Å². The van der Waals surface area contributed by atoms with Gasteiger partial charge in [0, 0.05) is 0 Å². The Balaban J connectivity index is 1.81. The molecule has 2 aliphatic rings. The first-order valence-corrected chi connectivity index (χ1v) is 8.78. The average Bonchev–Trinajstić information content (AvgIpc) is 3.19. The number of amidine groups is 1. The zero-order chi connectivity index (χ0) is 15.9. The van der Waals surface area contributed by atoms with E-state index in [2.05, 4.69) is 22.6 Å². The minimum absolute atomic E-state index is 0.174. The Morgan fingerprint density at radius 2 is 2.00 bits per heavy atom. The molecule has 1 aliphatic carbocycles. The number of aliphatic imine (C=N–C) groups is 1. The van der Waals surface area contributed by atoms with Crippen molar-refractivity contribution in [3.63, 3.8) is 0 Å². The van der Waals surface area contributed by atoms with Gasteiger partial charge in [0.2, 0.25) is 0 Å². The summed E-state index contributed by atoms with van der Waals surface area (Å²) in [7, 11) is 0. The topological polar surface area (TPSA) is 68.4 Å². The van der Waals surface area contributed by atoms with Crippen molar-refractivity contribution in [3.05, 3.63) is 40.1 Å². The van der Waals surface area contributed by atoms with Crippen LogP contribution in [0.4, 0.5) is 5.69 Å². The first-order valence-electron chi connectivity index (χ1n) is 7.90. The van der Waals surface area contributed by atoms with E-state index in [1.807, 2.05) is 23.6 Å². The molecule has 23 heavy (non-hydrogen) atoms. The Labute approximate surface area is 139 Å². The predicted octanol–water partition coefficient (Wildman–Crippen LogP) is 4.51. The summed E-state index contributed by atoms with van der Waals surface area (Å²) in [6.07, 6.45) is 5.58. The van der Waals surface area contributed by atoms with Crippen LogP contribution >= 0.6 is 11.3 Å². The fourth-order valence-corrected chi connectivity index (χ4v) is 4.60. The maximum absolute atomic E-state index is 9.56. The Hall–Kier alpha value is -2.16. The minimum Gasteiger partial charge on any atom is -0.290 e. The van der Waals surface area contributed by atoms with Gasteiger partial charge in [-0.05, 0) is 53.1 Å². The molecule has 2 aromatic rings. The number of nitrogens with one attached hydrogen (secondary N) is 1. The van der Waals surface area contributed by atoms with E-state index < -0.39 is 0 Å². The van der Waals surface area contributed by atoms with Crippen LogP contribution < -0.4 is 5.48 Å². The van der Waals surface area contributed by atoms with Crippen LogP contribution in [0.3, 0.4) is 0 Å². The van der Waals surface area contributed by atoms with Crippen molar-refractivity contribution in [1.82, 2.24) is 5.48 Å². The number of hydroxylamine groups is 1. The van der Waals surface area contributed by atoms with E-state index in [0.717, 1.165) is 47.4 Å². The standard InChI is InChI=1S/C18H17N3OS/c19-10-14-8-13(11-23-14)12-4-5-16-15(9-12)18(17(20-16)21-22)6-2-1-3-7-18/h4-5,8-9,11,22H,1-3,6-7H2,(H,20,21). The van der Waals surface area contributed by atoms with E-state index in [1.54, 1.807) is 0 Å². The van der Waals surface area contributed by atoms with Crippen LogP contribution in [-0.4, -0.2) is 11.0 Å². The SMILES string of the molecule is N#Cc1cc(-c2ccc3c(c2)C2(CCCCC2)C(NO)=N3)cs1. The van der Waals surface area contributed by atoms with Crippen LogP contribution in [-0.2, 0) is 5.41 Å². The summed E-state index contributed by atoms with van der Waals surface area (Å²) in [6.45, 7) is 0. The molecule has 116 valence electrons. The molecule has 0 saturated heterocycles. The van der Waals surface area contributed by atoms with Gasteiger partial charge < -0.3 is 0 Å². The summed E-state index contributed by atoms with van der Waals surface area (Å²) in [5.74, 6) is 0.687. The van der Waals surface area contributed by atoms with Crippen molar-refractivity contribution in [2.45, 2.75) is 37.5 Å². The highest BCUT2D eigenvalue weighted by Gasteiger charge is 2.44. The molecule has 1 aromatic carbocycles. The van der Waals surface area contributed by atoms with Crippen LogP contribution in [0.1, 0.15) is 42.5 Å². The first kappa shape index (κ1) is 14.4. The number of nitrogens with zero attached hydrogens (tertiary/aromatic N) is 2. The Morgan fingerprint density at radius 3 is 2.70 bits per heavy atom. The Kier molecular flexibility index (Phi) is 3.44. The van der Waals surface area contributed by atoms with Crippen LogP contribution in [0.2, 0.25) is 0 Å². The van der Waals surface area contributed by atoms with Gasteiger partial charge in [-0.2, -0.15) is 5.26 Å². The third-order valence-electron chi connectivity index (χ3n) is 5.05. The summed E-state index contributed by atoms with van der Waals surface area (Å²) in [6, 6.07) is 10.4. The maximum Gasteiger partial charge on any atom is 0.136 e. The molecule has 2 N–H and O–H groups in total. The molecule has 0 bridgehead atoms. The summed E-state index contributed by atoms with van der Waals surface area (Å²) in [5.41, 5.74) is 6.52. The Morgan fingerprint density at radius 1 is 1.17 bits per heavy atom. The second kappa shape index (κ2) is 5.48. The zero-order valence-electron chi connectivity index (χ0n) is 12.7. The predicted molar refractivity (Wildman–Crippen MR) is 91.3 cm³/mol. The maximum atomic E-state index is 9.56. The number of thiophene rings is 1. The molecule has 2 heterocycles. The van der Waals surface area contributed by atoms with Crippen molar-refractivity contribution in [1.29, 1.82) is 5.26 Å². The zero-order valence-corrected chi connectivity index (χ0v) is 13.5. The van der Waals surface area contributed by atoms with E-state index in [-0.39, 0.29) is 5.41 Å². The number of rotatable bonds is 1. The van der Waals surface area contributed by atoms with Crippen LogP contribution in [0.25, 0.3) is 11.1 Å². The molecule has 0 atom stereocenters. The van der Waals surface area contributed by atoms with E-state index in [9.17, 15) is 5.21 Å². The first-order chi connectivity index (χ1) is 11.3. The van der Waals surface area contributed by atoms with Crippen LogP contribution in [0.15, 0.2) is 34.6 Å². The highest BCUT2D eigenvalue weighted by atomic mass is 32.1. The van der Waals surface area contributed by atoms with Gasteiger partial charge in [-0.25, -0.2) is 4.99 Å². The van der Waals surface area contributed by atoms with E-state index >= 15 is 0 Å². The molecule has 1 saturated carbocycles. The molecule has 5 heteroatoms. The molecule has 4 rings (SSSR count). The molecule has 0 radical (unpaired) electrons. The largest absolute Gasteiger partial charge is 0.290 e. The third kappa shape index (κ3) is 2.18. The molecule has 4 nitrogen and oxygen atoms in total. The lowest BCUT2D eigenvalue weighted by Crippen LogP contribution is -2.42. The number of hydrogen-bond acceptors (Lipinski definition) is 5. The molecule has 1 spiro atoms. The highest BCUT2D eigenvalue weighted by molar-refractivity contribution is 7.10. The Bertz CT molecular complexity index is 825. The van der Waals surface area contributed by atoms with Crippen molar-refractivity contribution in [2.75, 3.05) is 0 Å². The average molecular weight is 323 g/mol. The van der Waals surface area contributed by atoms with Gasteiger partial charge in [0.05, 0.1) is 11.1 Å². The number of fused-ring (bicyclic) bond motifs is 2. The summed E-state index contributed by atoms with van der Waals surface area (Å²) in [4.78, 5) is 5.33. The molecule has 1 aromatic heterocycles. The second-order valence-electron chi connectivity index (χ2n) is 6.26. The minimum atomic E-state index is -0.174. The van der Waals surface area contributed by atoms with Gasteiger partial charge in [-0.3, -0.25) is 10.7 Å².